The van der Waals surface area contributed by atoms with Crippen LogP contribution in [0.4, 0.5) is 0 Å². The Hall–Kier alpha value is -3.12. The molecule has 0 aliphatic rings. The van der Waals surface area contributed by atoms with Crippen molar-refractivity contribution < 1.29 is 19.4 Å². The van der Waals surface area contributed by atoms with Crippen LogP contribution in [0, 0.1) is 0 Å². The van der Waals surface area contributed by atoms with Crippen LogP contribution >= 0.6 is 0 Å². The summed E-state index contributed by atoms with van der Waals surface area (Å²) in [4.78, 5) is 16.1. The zero-order valence-electron chi connectivity index (χ0n) is 14.3. The minimum Gasteiger partial charge on any atom is -0.508 e. The Bertz CT molecular complexity index is 859. The normalized spacial score (nSPS) is 13.3. The monoisotopic (exact) mass is 352 g/mol. The molecule has 0 bridgehead atoms. The maximum absolute atomic E-state index is 11.6. The van der Waals surface area contributed by atoms with E-state index >= 15 is 0 Å². The van der Waals surface area contributed by atoms with Gasteiger partial charge in [0, 0.05) is 5.56 Å². The van der Waals surface area contributed by atoms with E-state index in [0.29, 0.717) is 18.0 Å². The highest BCUT2D eigenvalue weighted by Gasteiger charge is 2.22. The average Bonchev–Trinajstić information content (AvgIpc) is 3.14. The van der Waals surface area contributed by atoms with Crippen LogP contribution in [-0.4, -0.2) is 27.2 Å². The highest BCUT2D eigenvalue weighted by atomic mass is 16.4. The molecule has 0 fully saturated rings. The molecule has 0 saturated heterocycles. The van der Waals surface area contributed by atoms with Gasteiger partial charge < -0.3 is 14.6 Å². The fourth-order valence-electron chi connectivity index (χ4n) is 2.67. The third-order valence-corrected chi connectivity index (χ3v) is 4.11. The summed E-state index contributed by atoms with van der Waals surface area (Å²) in [6.07, 6.45) is 1.84. The van der Waals surface area contributed by atoms with Crippen LogP contribution in [0.2, 0.25) is 0 Å². The summed E-state index contributed by atoms with van der Waals surface area (Å²) < 4.78 is 5.52. The first-order valence-electron chi connectivity index (χ1n) is 8.30. The third-order valence-electron chi connectivity index (χ3n) is 4.11. The van der Waals surface area contributed by atoms with Crippen molar-refractivity contribution in [2.45, 2.75) is 25.4 Å². The minimum atomic E-state index is -0.947. The first kappa shape index (κ1) is 17.7. The second kappa shape index (κ2) is 7.84. The molecule has 3 N–H and O–H groups in total. The molecule has 0 aliphatic heterocycles. The fourth-order valence-corrected chi connectivity index (χ4v) is 2.67. The first-order chi connectivity index (χ1) is 12.5. The highest BCUT2D eigenvalue weighted by Crippen LogP contribution is 2.22. The van der Waals surface area contributed by atoms with Gasteiger partial charge in [0.25, 0.3) is 0 Å². The van der Waals surface area contributed by atoms with E-state index in [4.69, 9.17) is 4.42 Å². The highest BCUT2D eigenvalue weighted by molar-refractivity contribution is 5.74. The number of phenols is 1. The molecule has 134 valence electrons. The summed E-state index contributed by atoms with van der Waals surface area (Å²) in [5.41, 5.74) is 2.32. The quantitative estimate of drug-likeness (QED) is 0.603. The lowest BCUT2D eigenvalue weighted by Crippen LogP contribution is -2.40. The molecule has 0 saturated carbocycles. The fraction of sp³-hybridized carbons (Fsp3) is 0.200. The van der Waals surface area contributed by atoms with Crippen molar-refractivity contribution >= 4 is 5.97 Å². The van der Waals surface area contributed by atoms with E-state index in [1.165, 1.54) is 0 Å². The number of benzene rings is 2. The van der Waals surface area contributed by atoms with E-state index < -0.39 is 12.0 Å². The molecule has 0 amide bonds. The topological polar surface area (TPSA) is 95.6 Å². The lowest BCUT2D eigenvalue weighted by Gasteiger charge is -2.18. The summed E-state index contributed by atoms with van der Waals surface area (Å²) >= 11 is 0. The van der Waals surface area contributed by atoms with E-state index in [1.807, 2.05) is 37.3 Å². The number of aromatic nitrogens is 1. The number of nitrogens with one attached hydrogen (secondary N) is 1. The second-order valence-corrected chi connectivity index (χ2v) is 6.09. The molecule has 2 atom stereocenters. The molecule has 1 aromatic heterocycles. The van der Waals surface area contributed by atoms with Crippen molar-refractivity contribution in [2.24, 2.45) is 0 Å². The first-order valence-corrected chi connectivity index (χ1v) is 8.30. The van der Waals surface area contributed by atoms with E-state index in [2.05, 4.69) is 10.3 Å². The number of carboxylic acid groups (broad SMARTS) is 1. The maximum atomic E-state index is 11.6. The van der Waals surface area contributed by atoms with Crippen LogP contribution < -0.4 is 5.32 Å². The van der Waals surface area contributed by atoms with Gasteiger partial charge in [-0.2, -0.15) is 0 Å². The molecule has 6 heteroatoms. The molecule has 0 aliphatic carbocycles. The summed E-state index contributed by atoms with van der Waals surface area (Å²) in [6.45, 7) is 1.85. The Kier molecular flexibility index (Phi) is 5.34. The van der Waals surface area contributed by atoms with Crippen LogP contribution in [0.1, 0.15) is 24.2 Å². The molecule has 3 aromatic rings. The molecule has 6 nitrogen and oxygen atoms in total. The van der Waals surface area contributed by atoms with Crippen molar-refractivity contribution in [1.82, 2.24) is 10.3 Å². The molecular formula is C20H20N2O4. The standard InChI is InChI=1S/C20H20N2O4/c1-13(18-12-26-19(22-18)15-5-3-2-4-6-15)21-17(20(24)25)11-14-7-9-16(23)10-8-14/h2-10,12-13,17,21,23H,11H2,1H3,(H,24,25)/t13?,17-/m0/s1. The van der Waals surface area contributed by atoms with Gasteiger partial charge in [-0.15, -0.1) is 0 Å². The van der Waals surface area contributed by atoms with Crippen LogP contribution in [0.25, 0.3) is 11.5 Å². The maximum Gasteiger partial charge on any atom is 0.321 e. The molecular weight excluding hydrogens is 332 g/mol. The number of aliphatic carboxylic acids is 1. The second-order valence-electron chi connectivity index (χ2n) is 6.09. The van der Waals surface area contributed by atoms with Gasteiger partial charge in [0.15, 0.2) is 0 Å². The third kappa shape index (κ3) is 4.29. The minimum absolute atomic E-state index is 0.151. The number of hydrogen-bond acceptors (Lipinski definition) is 5. The Labute approximate surface area is 151 Å². The number of aromatic hydroxyl groups is 1. The number of carboxylic acids is 1. The van der Waals surface area contributed by atoms with Crippen LogP contribution in [0.3, 0.4) is 0 Å². The van der Waals surface area contributed by atoms with Gasteiger partial charge >= 0.3 is 5.97 Å². The van der Waals surface area contributed by atoms with Gasteiger partial charge in [-0.3, -0.25) is 10.1 Å². The van der Waals surface area contributed by atoms with Gasteiger partial charge in [0.2, 0.25) is 5.89 Å². The summed E-state index contributed by atoms with van der Waals surface area (Å²) in [5.74, 6) is -0.297. The Balaban J connectivity index is 1.70. The van der Waals surface area contributed by atoms with E-state index in [0.717, 1.165) is 11.1 Å². The number of rotatable bonds is 7. The van der Waals surface area contributed by atoms with E-state index in [1.54, 1.807) is 30.5 Å². The van der Waals surface area contributed by atoms with E-state index in [-0.39, 0.29) is 11.8 Å². The van der Waals surface area contributed by atoms with Gasteiger partial charge in [-0.05, 0) is 43.2 Å². The lowest BCUT2D eigenvalue weighted by atomic mass is 10.0. The smallest absolute Gasteiger partial charge is 0.321 e. The van der Waals surface area contributed by atoms with Crippen molar-refractivity contribution in [2.75, 3.05) is 0 Å². The Morgan fingerprint density at radius 3 is 2.50 bits per heavy atom. The van der Waals surface area contributed by atoms with E-state index in [9.17, 15) is 15.0 Å². The molecule has 3 rings (SSSR count). The SMILES string of the molecule is CC(N[C@@H](Cc1ccc(O)cc1)C(=O)O)c1coc(-c2ccccc2)n1. The number of phenolic OH excluding ortho intramolecular Hbond substituents is 1. The lowest BCUT2D eigenvalue weighted by molar-refractivity contribution is -0.139. The largest absolute Gasteiger partial charge is 0.508 e. The zero-order chi connectivity index (χ0) is 18.5. The zero-order valence-corrected chi connectivity index (χ0v) is 14.3. The van der Waals surface area contributed by atoms with Gasteiger partial charge in [0.05, 0.1) is 11.7 Å². The van der Waals surface area contributed by atoms with Gasteiger partial charge in [-0.1, -0.05) is 30.3 Å². The number of carbonyl (C=O) groups is 1. The van der Waals surface area contributed by atoms with Crippen molar-refractivity contribution in [3.63, 3.8) is 0 Å². The summed E-state index contributed by atoms with van der Waals surface area (Å²) in [6, 6.07) is 14.9. The molecule has 1 heterocycles. The average molecular weight is 352 g/mol. The molecule has 1 unspecified atom stereocenters. The van der Waals surface area contributed by atoms with Crippen LogP contribution in [0.5, 0.6) is 5.75 Å². The van der Waals surface area contributed by atoms with Crippen molar-refractivity contribution in [3.05, 3.63) is 72.1 Å². The van der Waals surface area contributed by atoms with Crippen molar-refractivity contribution in [1.29, 1.82) is 0 Å². The van der Waals surface area contributed by atoms with Gasteiger partial charge in [0.1, 0.15) is 18.1 Å². The molecule has 0 spiro atoms. The number of nitrogens with zero attached hydrogens (tertiary/aromatic N) is 1. The van der Waals surface area contributed by atoms with Gasteiger partial charge in [-0.25, -0.2) is 4.98 Å². The predicted octanol–water partition coefficient (Wildman–Crippen LogP) is 3.39. The predicted molar refractivity (Wildman–Crippen MR) is 96.7 cm³/mol. The molecule has 26 heavy (non-hydrogen) atoms. The summed E-state index contributed by atoms with van der Waals surface area (Å²) in [7, 11) is 0. The Morgan fingerprint density at radius 1 is 1.15 bits per heavy atom. The number of oxazole rings is 1. The molecule has 2 aromatic carbocycles. The molecule has 0 radical (unpaired) electrons. The summed E-state index contributed by atoms with van der Waals surface area (Å²) in [5, 5.41) is 21.9. The van der Waals surface area contributed by atoms with Crippen LogP contribution in [-0.2, 0) is 11.2 Å². The number of hydrogen-bond donors (Lipinski definition) is 3. The van der Waals surface area contributed by atoms with Crippen molar-refractivity contribution in [3.8, 4) is 17.2 Å². The van der Waals surface area contributed by atoms with Crippen LogP contribution in [0.15, 0.2) is 65.3 Å². The Morgan fingerprint density at radius 2 is 1.85 bits per heavy atom.